The van der Waals surface area contributed by atoms with E-state index in [1.165, 1.54) is 6.42 Å². The van der Waals surface area contributed by atoms with Crippen LogP contribution in [-0.4, -0.2) is 28.5 Å². The molecule has 1 unspecified atom stereocenters. The quantitative estimate of drug-likeness (QED) is 0.611. The lowest BCUT2D eigenvalue weighted by atomic mass is 10.0. The van der Waals surface area contributed by atoms with Gasteiger partial charge in [-0.15, -0.1) is 0 Å². The van der Waals surface area contributed by atoms with Gasteiger partial charge in [0.15, 0.2) is 0 Å². The van der Waals surface area contributed by atoms with Crippen LogP contribution in [0.2, 0.25) is 0 Å². The normalized spacial score (nSPS) is 19.6. The first-order valence-corrected chi connectivity index (χ1v) is 7.83. The zero-order valence-electron chi connectivity index (χ0n) is 10.3. The number of ether oxygens (including phenoxy) is 1. The van der Waals surface area contributed by atoms with E-state index in [0.29, 0.717) is 12.5 Å². The van der Waals surface area contributed by atoms with Crippen LogP contribution in [0.15, 0.2) is 30.3 Å². The molecule has 1 fully saturated rings. The molecule has 1 aliphatic rings. The fourth-order valence-electron chi connectivity index (χ4n) is 2.17. The van der Waals surface area contributed by atoms with E-state index in [9.17, 15) is 4.79 Å². The molecule has 3 nitrogen and oxygen atoms in total. The number of hydrogen-bond acceptors (Lipinski definition) is 2. The van der Waals surface area contributed by atoms with Crippen molar-refractivity contribution in [3.05, 3.63) is 35.9 Å². The van der Waals surface area contributed by atoms with Crippen molar-refractivity contribution < 1.29 is 9.53 Å². The van der Waals surface area contributed by atoms with Crippen molar-refractivity contribution in [1.82, 2.24) is 4.90 Å². The number of piperidine rings is 1. The Balaban J connectivity index is 1.81. The molecule has 4 heteroatoms. The van der Waals surface area contributed by atoms with Crippen LogP contribution in [-0.2, 0) is 11.3 Å². The molecule has 1 aliphatic heterocycles. The Hall–Kier alpha value is -0.780. The van der Waals surface area contributed by atoms with Crippen LogP contribution >= 0.6 is 22.6 Å². The summed E-state index contributed by atoms with van der Waals surface area (Å²) in [7, 11) is 0. The molecule has 0 aliphatic carbocycles. The molecule has 0 radical (unpaired) electrons. The minimum Gasteiger partial charge on any atom is -0.445 e. The van der Waals surface area contributed by atoms with Crippen molar-refractivity contribution in [2.45, 2.75) is 19.4 Å². The number of carbonyl (C=O) groups is 1. The third kappa shape index (κ3) is 3.86. The second kappa shape index (κ2) is 6.97. The number of amides is 1. The number of likely N-dealkylation sites (tertiary alicyclic amines) is 1. The molecule has 1 aromatic carbocycles. The highest BCUT2D eigenvalue weighted by Gasteiger charge is 2.23. The summed E-state index contributed by atoms with van der Waals surface area (Å²) >= 11 is 2.39. The molecule has 98 valence electrons. The predicted octanol–water partition coefficient (Wildman–Crippen LogP) is 3.47. The van der Waals surface area contributed by atoms with Crippen LogP contribution in [0.3, 0.4) is 0 Å². The summed E-state index contributed by atoms with van der Waals surface area (Å²) in [4.78, 5) is 13.8. The van der Waals surface area contributed by atoms with Crippen LogP contribution in [0.25, 0.3) is 0 Å². The standard InChI is InChI=1S/C14H18INO2/c15-9-13-7-4-8-16(10-13)14(17)18-11-12-5-2-1-3-6-12/h1-3,5-6,13H,4,7-11H2. The van der Waals surface area contributed by atoms with Gasteiger partial charge in [0.1, 0.15) is 6.61 Å². The summed E-state index contributed by atoms with van der Waals surface area (Å²) in [5, 5.41) is 0. The fourth-order valence-corrected chi connectivity index (χ4v) is 2.89. The molecule has 1 atom stereocenters. The highest BCUT2D eigenvalue weighted by atomic mass is 127. The summed E-state index contributed by atoms with van der Waals surface area (Å²) in [6, 6.07) is 9.81. The van der Waals surface area contributed by atoms with E-state index in [0.717, 1.165) is 29.5 Å². The Labute approximate surface area is 122 Å². The Morgan fingerprint density at radius 1 is 1.39 bits per heavy atom. The minimum atomic E-state index is -0.173. The van der Waals surface area contributed by atoms with Gasteiger partial charge < -0.3 is 9.64 Å². The van der Waals surface area contributed by atoms with Gasteiger partial charge in [-0.05, 0) is 24.3 Å². The molecular weight excluding hydrogens is 341 g/mol. The molecule has 0 bridgehead atoms. The van der Waals surface area contributed by atoms with Crippen LogP contribution in [0, 0.1) is 5.92 Å². The Kier molecular flexibility index (Phi) is 5.28. The van der Waals surface area contributed by atoms with Gasteiger partial charge in [0.25, 0.3) is 0 Å². The molecule has 18 heavy (non-hydrogen) atoms. The number of rotatable bonds is 3. The van der Waals surface area contributed by atoms with E-state index in [1.54, 1.807) is 0 Å². The fraction of sp³-hybridized carbons (Fsp3) is 0.500. The van der Waals surface area contributed by atoms with Gasteiger partial charge in [-0.2, -0.15) is 0 Å². The second-order valence-electron chi connectivity index (χ2n) is 4.65. The van der Waals surface area contributed by atoms with Crippen LogP contribution in [0.1, 0.15) is 18.4 Å². The van der Waals surface area contributed by atoms with Crippen molar-refractivity contribution in [1.29, 1.82) is 0 Å². The van der Waals surface area contributed by atoms with Gasteiger partial charge in [0, 0.05) is 17.5 Å². The lowest BCUT2D eigenvalue weighted by Crippen LogP contribution is -2.40. The largest absolute Gasteiger partial charge is 0.445 e. The summed E-state index contributed by atoms with van der Waals surface area (Å²) in [6.07, 6.45) is 2.15. The van der Waals surface area contributed by atoms with E-state index >= 15 is 0 Å². The SMILES string of the molecule is O=C(OCc1ccccc1)N1CCCC(CI)C1. The van der Waals surface area contributed by atoms with Crippen molar-refractivity contribution in [2.75, 3.05) is 17.5 Å². The maximum absolute atomic E-state index is 11.9. The molecule has 1 amide bonds. The molecule has 0 aromatic heterocycles. The van der Waals surface area contributed by atoms with Crippen LogP contribution in [0.4, 0.5) is 4.79 Å². The number of alkyl halides is 1. The molecule has 1 heterocycles. The number of halogens is 1. The van der Waals surface area contributed by atoms with E-state index in [1.807, 2.05) is 35.2 Å². The van der Waals surface area contributed by atoms with Gasteiger partial charge in [-0.1, -0.05) is 52.9 Å². The van der Waals surface area contributed by atoms with Gasteiger partial charge in [-0.3, -0.25) is 0 Å². The number of benzene rings is 1. The average Bonchev–Trinajstić information content (AvgIpc) is 2.46. The second-order valence-corrected chi connectivity index (χ2v) is 5.53. The summed E-state index contributed by atoms with van der Waals surface area (Å²) in [5.41, 5.74) is 1.04. The number of carbonyl (C=O) groups excluding carboxylic acids is 1. The Morgan fingerprint density at radius 3 is 2.89 bits per heavy atom. The molecule has 1 aromatic rings. The Morgan fingerprint density at radius 2 is 2.17 bits per heavy atom. The van der Waals surface area contributed by atoms with E-state index < -0.39 is 0 Å². The van der Waals surface area contributed by atoms with Gasteiger partial charge >= 0.3 is 6.09 Å². The summed E-state index contributed by atoms with van der Waals surface area (Å²) in [6.45, 7) is 2.04. The van der Waals surface area contributed by atoms with Gasteiger partial charge in [-0.25, -0.2) is 4.79 Å². The molecule has 1 saturated heterocycles. The molecular formula is C14H18INO2. The number of hydrogen-bond donors (Lipinski definition) is 0. The van der Waals surface area contributed by atoms with Gasteiger partial charge in [0.2, 0.25) is 0 Å². The maximum Gasteiger partial charge on any atom is 0.410 e. The molecule has 0 N–H and O–H groups in total. The first kappa shape index (κ1) is 13.6. The van der Waals surface area contributed by atoms with Crippen molar-refractivity contribution in [2.24, 2.45) is 5.92 Å². The van der Waals surface area contributed by atoms with E-state index in [4.69, 9.17) is 4.74 Å². The predicted molar refractivity (Wildman–Crippen MR) is 79.8 cm³/mol. The maximum atomic E-state index is 11.9. The minimum absolute atomic E-state index is 0.173. The molecule has 0 spiro atoms. The lowest BCUT2D eigenvalue weighted by Gasteiger charge is -2.31. The van der Waals surface area contributed by atoms with Crippen molar-refractivity contribution >= 4 is 28.7 Å². The third-order valence-corrected chi connectivity index (χ3v) is 4.45. The first-order valence-electron chi connectivity index (χ1n) is 6.31. The van der Waals surface area contributed by atoms with Crippen molar-refractivity contribution in [3.63, 3.8) is 0 Å². The summed E-state index contributed by atoms with van der Waals surface area (Å²) in [5.74, 6) is 0.628. The van der Waals surface area contributed by atoms with E-state index in [2.05, 4.69) is 22.6 Å². The number of nitrogens with zero attached hydrogens (tertiary/aromatic N) is 1. The molecule has 2 rings (SSSR count). The molecule has 0 saturated carbocycles. The highest BCUT2D eigenvalue weighted by molar-refractivity contribution is 14.1. The zero-order chi connectivity index (χ0) is 12.8. The van der Waals surface area contributed by atoms with Gasteiger partial charge in [0.05, 0.1) is 0 Å². The average molecular weight is 359 g/mol. The smallest absolute Gasteiger partial charge is 0.410 e. The third-order valence-electron chi connectivity index (χ3n) is 3.20. The zero-order valence-corrected chi connectivity index (χ0v) is 12.5. The monoisotopic (exact) mass is 359 g/mol. The van der Waals surface area contributed by atoms with E-state index in [-0.39, 0.29) is 6.09 Å². The topological polar surface area (TPSA) is 29.5 Å². The lowest BCUT2D eigenvalue weighted by molar-refractivity contribution is 0.0817. The Bertz CT molecular complexity index is 383. The highest BCUT2D eigenvalue weighted by Crippen LogP contribution is 2.19. The summed E-state index contributed by atoms with van der Waals surface area (Å²) < 4.78 is 6.46. The van der Waals surface area contributed by atoms with Crippen molar-refractivity contribution in [3.8, 4) is 0 Å². The first-order chi connectivity index (χ1) is 8.79. The van der Waals surface area contributed by atoms with Crippen LogP contribution < -0.4 is 0 Å². The van der Waals surface area contributed by atoms with Crippen LogP contribution in [0.5, 0.6) is 0 Å².